The maximum atomic E-state index is 6.02. The molecule has 2 aromatic rings. The fourth-order valence-corrected chi connectivity index (χ4v) is 3.18. The van der Waals surface area contributed by atoms with Gasteiger partial charge >= 0.3 is 0 Å². The van der Waals surface area contributed by atoms with Crippen LogP contribution in [0.2, 0.25) is 10.0 Å². The highest BCUT2D eigenvalue weighted by atomic mass is 35.5. The van der Waals surface area contributed by atoms with Crippen molar-refractivity contribution in [2.24, 2.45) is 11.7 Å². The minimum atomic E-state index is 0.515. The third kappa shape index (κ3) is 3.31. The van der Waals surface area contributed by atoms with Crippen molar-refractivity contribution >= 4 is 29.2 Å². The Labute approximate surface area is 133 Å². The summed E-state index contributed by atoms with van der Waals surface area (Å²) < 4.78 is 0. The molecular formula is C14H17Cl2N5. The third-order valence-corrected chi connectivity index (χ3v) is 4.18. The van der Waals surface area contributed by atoms with Crippen molar-refractivity contribution < 1.29 is 0 Å². The summed E-state index contributed by atoms with van der Waals surface area (Å²) >= 11 is 12.0. The van der Waals surface area contributed by atoms with E-state index in [0.29, 0.717) is 34.3 Å². The highest BCUT2D eigenvalue weighted by Gasteiger charge is 2.22. The Morgan fingerprint density at radius 1 is 1.29 bits per heavy atom. The molecule has 7 heteroatoms. The van der Waals surface area contributed by atoms with E-state index < -0.39 is 0 Å². The molecule has 3 N–H and O–H groups in total. The van der Waals surface area contributed by atoms with Crippen LogP contribution in [0.4, 0.5) is 5.95 Å². The van der Waals surface area contributed by atoms with Gasteiger partial charge in [-0.15, -0.1) is 5.10 Å². The number of aromatic nitrogens is 3. The molecule has 0 radical (unpaired) electrons. The largest absolute Gasteiger partial charge is 0.339 e. The molecule has 1 aromatic heterocycles. The van der Waals surface area contributed by atoms with Gasteiger partial charge in [-0.2, -0.15) is 4.98 Å². The molecule has 1 aliphatic heterocycles. The smallest absolute Gasteiger partial charge is 0.245 e. The Morgan fingerprint density at radius 3 is 2.76 bits per heavy atom. The number of hydrogen-bond acceptors (Lipinski definition) is 4. The Hall–Kier alpha value is -1.30. The molecule has 0 spiro atoms. The van der Waals surface area contributed by atoms with Crippen molar-refractivity contribution in [3.8, 4) is 11.4 Å². The van der Waals surface area contributed by atoms with Crippen LogP contribution in [0.3, 0.4) is 0 Å². The molecule has 0 bridgehead atoms. The molecule has 21 heavy (non-hydrogen) atoms. The minimum Gasteiger partial charge on any atom is -0.339 e. The first kappa shape index (κ1) is 14.6. The molecule has 5 nitrogen and oxygen atoms in total. The summed E-state index contributed by atoms with van der Waals surface area (Å²) in [5.74, 6) is 1.89. The summed E-state index contributed by atoms with van der Waals surface area (Å²) in [5, 5.41) is 8.42. The first-order valence-electron chi connectivity index (χ1n) is 6.99. The maximum Gasteiger partial charge on any atom is 0.245 e. The number of anilines is 1. The lowest BCUT2D eigenvalue weighted by atomic mass is 9.99. The molecule has 1 saturated heterocycles. The summed E-state index contributed by atoms with van der Waals surface area (Å²) in [5.41, 5.74) is 6.60. The molecule has 0 amide bonds. The van der Waals surface area contributed by atoms with Crippen LogP contribution in [0.5, 0.6) is 0 Å². The molecule has 0 saturated carbocycles. The molecule has 2 heterocycles. The van der Waals surface area contributed by atoms with E-state index in [2.05, 4.69) is 20.1 Å². The molecular weight excluding hydrogens is 309 g/mol. The lowest BCUT2D eigenvalue weighted by Crippen LogP contribution is -2.38. The van der Waals surface area contributed by atoms with Crippen LogP contribution < -0.4 is 10.6 Å². The SMILES string of the molecule is NCC1CCCN(c2n[nH]c(-c3cc(Cl)cc(Cl)c3)n2)C1. The van der Waals surface area contributed by atoms with E-state index in [9.17, 15) is 0 Å². The number of hydrogen-bond donors (Lipinski definition) is 2. The van der Waals surface area contributed by atoms with E-state index >= 15 is 0 Å². The Kier molecular flexibility index (Phi) is 4.33. The Bertz CT molecular complexity index is 607. The number of nitrogens with zero attached hydrogens (tertiary/aromatic N) is 3. The number of rotatable bonds is 3. The summed E-state index contributed by atoms with van der Waals surface area (Å²) in [6, 6.07) is 5.33. The standard InChI is InChI=1S/C14H17Cl2N5/c15-11-4-10(5-12(16)6-11)13-18-14(20-19-13)21-3-1-2-9(7-17)8-21/h4-6,9H,1-3,7-8,17H2,(H,18,19,20). The third-order valence-electron chi connectivity index (χ3n) is 3.74. The maximum absolute atomic E-state index is 6.02. The van der Waals surface area contributed by atoms with Crippen LogP contribution in [0, 0.1) is 5.92 Å². The number of benzene rings is 1. The number of nitrogens with two attached hydrogens (primary N) is 1. The van der Waals surface area contributed by atoms with Crippen LogP contribution in [0.15, 0.2) is 18.2 Å². The molecule has 112 valence electrons. The summed E-state index contributed by atoms with van der Waals surface area (Å²) in [6.07, 6.45) is 2.29. The van der Waals surface area contributed by atoms with Crippen LogP contribution in [-0.2, 0) is 0 Å². The van der Waals surface area contributed by atoms with Gasteiger partial charge in [-0.05, 0) is 43.5 Å². The molecule has 1 fully saturated rings. The zero-order chi connectivity index (χ0) is 14.8. The first-order chi connectivity index (χ1) is 10.2. The highest BCUT2D eigenvalue weighted by molar-refractivity contribution is 6.35. The number of aromatic amines is 1. The fraction of sp³-hybridized carbons (Fsp3) is 0.429. The first-order valence-corrected chi connectivity index (χ1v) is 7.75. The Balaban J connectivity index is 1.82. The van der Waals surface area contributed by atoms with Gasteiger partial charge < -0.3 is 10.6 Å². The van der Waals surface area contributed by atoms with Gasteiger partial charge in [-0.1, -0.05) is 23.2 Å². The average molecular weight is 326 g/mol. The van der Waals surface area contributed by atoms with Crippen LogP contribution >= 0.6 is 23.2 Å². The van der Waals surface area contributed by atoms with Gasteiger partial charge in [0.1, 0.15) is 0 Å². The number of piperidine rings is 1. The van der Waals surface area contributed by atoms with Crippen molar-refractivity contribution in [3.05, 3.63) is 28.2 Å². The lowest BCUT2D eigenvalue weighted by molar-refractivity contribution is 0.420. The molecule has 1 aliphatic rings. The van der Waals surface area contributed by atoms with Gasteiger partial charge in [0.05, 0.1) is 0 Å². The van der Waals surface area contributed by atoms with Crippen LogP contribution in [0.1, 0.15) is 12.8 Å². The summed E-state index contributed by atoms with van der Waals surface area (Å²) in [6.45, 7) is 2.58. The lowest BCUT2D eigenvalue weighted by Gasteiger charge is -2.31. The predicted octanol–water partition coefficient (Wildman–Crippen LogP) is 2.95. The van der Waals surface area contributed by atoms with Gasteiger partial charge in [-0.3, -0.25) is 5.10 Å². The van der Waals surface area contributed by atoms with Crippen molar-refractivity contribution in [1.82, 2.24) is 15.2 Å². The monoisotopic (exact) mass is 325 g/mol. The van der Waals surface area contributed by atoms with E-state index in [-0.39, 0.29) is 0 Å². The number of nitrogens with one attached hydrogen (secondary N) is 1. The minimum absolute atomic E-state index is 0.515. The van der Waals surface area contributed by atoms with Crippen molar-refractivity contribution in [3.63, 3.8) is 0 Å². The van der Waals surface area contributed by atoms with E-state index in [1.165, 1.54) is 6.42 Å². The van der Waals surface area contributed by atoms with Crippen molar-refractivity contribution in [1.29, 1.82) is 0 Å². The quantitative estimate of drug-likeness (QED) is 0.910. The van der Waals surface area contributed by atoms with Crippen LogP contribution in [-0.4, -0.2) is 34.8 Å². The number of H-pyrrole nitrogens is 1. The van der Waals surface area contributed by atoms with E-state index in [1.54, 1.807) is 6.07 Å². The second-order valence-electron chi connectivity index (χ2n) is 5.33. The van der Waals surface area contributed by atoms with Gasteiger partial charge in [0.25, 0.3) is 0 Å². The molecule has 1 unspecified atom stereocenters. The van der Waals surface area contributed by atoms with Crippen molar-refractivity contribution in [2.45, 2.75) is 12.8 Å². The molecule has 1 aromatic carbocycles. The van der Waals surface area contributed by atoms with Gasteiger partial charge in [0.15, 0.2) is 5.82 Å². The normalized spacial score (nSPS) is 19.0. The van der Waals surface area contributed by atoms with E-state index in [1.807, 2.05) is 12.1 Å². The zero-order valence-corrected chi connectivity index (χ0v) is 13.0. The van der Waals surface area contributed by atoms with E-state index in [4.69, 9.17) is 28.9 Å². The highest BCUT2D eigenvalue weighted by Crippen LogP contribution is 2.27. The summed E-state index contributed by atoms with van der Waals surface area (Å²) in [4.78, 5) is 6.73. The average Bonchev–Trinajstić information content (AvgIpc) is 2.96. The van der Waals surface area contributed by atoms with Gasteiger partial charge in [0.2, 0.25) is 5.95 Å². The molecule has 3 rings (SSSR count). The van der Waals surface area contributed by atoms with E-state index in [0.717, 1.165) is 25.1 Å². The van der Waals surface area contributed by atoms with Gasteiger partial charge in [-0.25, -0.2) is 0 Å². The predicted molar refractivity (Wildman–Crippen MR) is 85.8 cm³/mol. The topological polar surface area (TPSA) is 70.8 Å². The Morgan fingerprint density at radius 2 is 2.05 bits per heavy atom. The number of halogens is 2. The molecule has 0 aliphatic carbocycles. The molecule has 1 atom stereocenters. The second kappa shape index (κ2) is 6.22. The second-order valence-corrected chi connectivity index (χ2v) is 6.20. The van der Waals surface area contributed by atoms with Gasteiger partial charge in [0, 0.05) is 28.7 Å². The zero-order valence-electron chi connectivity index (χ0n) is 11.5. The van der Waals surface area contributed by atoms with Crippen molar-refractivity contribution in [2.75, 3.05) is 24.5 Å². The fourth-order valence-electron chi connectivity index (χ4n) is 2.65. The van der Waals surface area contributed by atoms with Crippen LogP contribution in [0.25, 0.3) is 11.4 Å². The summed E-state index contributed by atoms with van der Waals surface area (Å²) in [7, 11) is 0.